The van der Waals surface area contributed by atoms with Crippen molar-refractivity contribution in [3.8, 4) is 17.5 Å². The van der Waals surface area contributed by atoms with Crippen LogP contribution >= 0.6 is 11.6 Å². The normalized spacial score (nSPS) is 11.1. The zero-order valence-electron chi connectivity index (χ0n) is 19.3. The van der Waals surface area contributed by atoms with Crippen LogP contribution in [0.2, 0.25) is 5.02 Å². The number of carbonyl (C=O) groups is 2. The molecule has 1 heterocycles. The Labute approximate surface area is 210 Å². The molecule has 3 rings (SSSR count). The van der Waals surface area contributed by atoms with Gasteiger partial charge in [0.05, 0.1) is 6.54 Å². The highest BCUT2D eigenvalue weighted by molar-refractivity contribution is 6.30. The van der Waals surface area contributed by atoms with Crippen LogP contribution in [0.5, 0.6) is 17.5 Å². The first kappa shape index (κ1) is 26.6. The van der Waals surface area contributed by atoms with Gasteiger partial charge < -0.3 is 14.4 Å². The molecule has 2 amide bonds. The molecule has 0 aliphatic rings. The SMILES string of the molecule is C=CCN(C=O)c1nc(Oc2cccc(OC(F)(F)F)c2)n(Cc2ccc(Cl)cc2)c1C(=O)N(C)C. The van der Waals surface area contributed by atoms with Crippen molar-refractivity contribution in [1.82, 2.24) is 14.5 Å². The van der Waals surface area contributed by atoms with E-state index in [0.717, 1.165) is 22.6 Å². The lowest BCUT2D eigenvalue weighted by Crippen LogP contribution is -2.29. The Morgan fingerprint density at radius 1 is 1.17 bits per heavy atom. The van der Waals surface area contributed by atoms with E-state index in [1.807, 2.05) is 0 Å². The standard InChI is InChI=1S/C24H22ClF3N4O4/c1-4-12-31(15-33)21-20(22(34)30(2)3)32(14-16-8-10-17(25)11-9-16)23(29-21)35-18-6-5-7-19(13-18)36-24(26,27)28/h4-11,13,15H,1,12,14H2,2-3H3. The van der Waals surface area contributed by atoms with E-state index >= 15 is 0 Å². The third kappa shape index (κ3) is 6.57. The van der Waals surface area contributed by atoms with Crippen molar-refractivity contribution in [1.29, 1.82) is 0 Å². The second kappa shape index (κ2) is 11.2. The minimum absolute atomic E-state index is 0.00439. The van der Waals surface area contributed by atoms with E-state index < -0.39 is 18.0 Å². The highest BCUT2D eigenvalue weighted by Gasteiger charge is 2.32. The molecule has 190 valence electrons. The molecule has 0 unspecified atom stereocenters. The van der Waals surface area contributed by atoms with E-state index in [4.69, 9.17) is 16.3 Å². The molecule has 1 aromatic heterocycles. The van der Waals surface area contributed by atoms with Gasteiger partial charge in [-0.3, -0.25) is 19.1 Å². The van der Waals surface area contributed by atoms with Crippen LogP contribution in [0.15, 0.2) is 61.2 Å². The molecule has 0 bridgehead atoms. The third-order valence-corrected chi connectivity index (χ3v) is 5.00. The molecule has 0 atom stereocenters. The molecule has 0 N–H and O–H groups in total. The first-order valence-electron chi connectivity index (χ1n) is 10.5. The quantitative estimate of drug-likeness (QED) is 0.273. The van der Waals surface area contributed by atoms with Gasteiger partial charge in [-0.15, -0.1) is 19.8 Å². The van der Waals surface area contributed by atoms with Crippen molar-refractivity contribution in [3.63, 3.8) is 0 Å². The van der Waals surface area contributed by atoms with Crippen LogP contribution in [0, 0.1) is 0 Å². The number of imidazole rings is 1. The van der Waals surface area contributed by atoms with Crippen molar-refractivity contribution < 1.29 is 32.2 Å². The topological polar surface area (TPSA) is 76.9 Å². The van der Waals surface area contributed by atoms with Gasteiger partial charge in [0.25, 0.3) is 5.91 Å². The number of nitrogens with zero attached hydrogens (tertiary/aromatic N) is 4. The first-order valence-corrected chi connectivity index (χ1v) is 10.8. The van der Waals surface area contributed by atoms with Crippen LogP contribution in [0.1, 0.15) is 16.1 Å². The maximum Gasteiger partial charge on any atom is 0.573 e. The summed E-state index contributed by atoms with van der Waals surface area (Å²) in [5.41, 5.74) is 0.748. The molecule has 0 aliphatic heterocycles. The van der Waals surface area contributed by atoms with Crippen molar-refractivity contribution in [2.45, 2.75) is 12.9 Å². The predicted molar refractivity (Wildman–Crippen MR) is 128 cm³/mol. The Bertz CT molecular complexity index is 1240. The molecule has 0 radical (unpaired) electrons. The molecule has 0 aliphatic carbocycles. The number of halogens is 4. The number of hydrogen-bond acceptors (Lipinski definition) is 5. The van der Waals surface area contributed by atoms with Crippen LogP contribution in [0.25, 0.3) is 0 Å². The van der Waals surface area contributed by atoms with Gasteiger partial charge in [-0.1, -0.05) is 35.9 Å². The molecule has 0 spiro atoms. The van der Waals surface area contributed by atoms with Gasteiger partial charge in [-0.25, -0.2) is 0 Å². The van der Waals surface area contributed by atoms with E-state index in [0.29, 0.717) is 11.4 Å². The van der Waals surface area contributed by atoms with E-state index in [2.05, 4.69) is 16.3 Å². The fourth-order valence-electron chi connectivity index (χ4n) is 3.20. The van der Waals surface area contributed by atoms with E-state index in [1.165, 1.54) is 41.8 Å². The third-order valence-electron chi connectivity index (χ3n) is 4.75. The van der Waals surface area contributed by atoms with Crippen molar-refractivity contribution in [2.75, 3.05) is 25.5 Å². The van der Waals surface area contributed by atoms with Gasteiger partial charge in [0.2, 0.25) is 6.41 Å². The Morgan fingerprint density at radius 3 is 2.42 bits per heavy atom. The maximum absolute atomic E-state index is 13.2. The number of alkyl halides is 3. The summed E-state index contributed by atoms with van der Waals surface area (Å²) in [4.78, 5) is 31.9. The molecule has 2 aromatic carbocycles. The van der Waals surface area contributed by atoms with Crippen LogP contribution < -0.4 is 14.4 Å². The lowest BCUT2D eigenvalue weighted by Gasteiger charge is -2.18. The number of amides is 2. The summed E-state index contributed by atoms with van der Waals surface area (Å²) in [6, 6.07) is 11.5. The summed E-state index contributed by atoms with van der Waals surface area (Å²) >= 11 is 5.98. The largest absolute Gasteiger partial charge is 0.573 e. The average Bonchev–Trinajstić information content (AvgIpc) is 3.14. The second-order valence-electron chi connectivity index (χ2n) is 7.65. The fourth-order valence-corrected chi connectivity index (χ4v) is 3.33. The van der Waals surface area contributed by atoms with E-state index in [-0.39, 0.29) is 36.4 Å². The maximum atomic E-state index is 13.2. The summed E-state index contributed by atoms with van der Waals surface area (Å²) < 4.78 is 49.2. The summed E-state index contributed by atoms with van der Waals surface area (Å²) in [5, 5.41) is 0.505. The molecular weight excluding hydrogens is 501 g/mol. The molecule has 0 saturated carbocycles. The fraction of sp³-hybridized carbons (Fsp3) is 0.208. The lowest BCUT2D eigenvalue weighted by molar-refractivity contribution is -0.274. The van der Waals surface area contributed by atoms with Crippen LogP contribution in [-0.4, -0.2) is 53.8 Å². The second-order valence-corrected chi connectivity index (χ2v) is 8.09. The molecule has 0 fully saturated rings. The minimum atomic E-state index is -4.89. The highest BCUT2D eigenvalue weighted by atomic mass is 35.5. The number of ether oxygens (including phenoxy) is 2. The Morgan fingerprint density at radius 2 is 1.83 bits per heavy atom. The first-order chi connectivity index (χ1) is 17.0. The molecule has 36 heavy (non-hydrogen) atoms. The zero-order valence-corrected chi connectivity index (χ0v) is 20.1. The van der Waals surface area contributed by atoms with Gasteiger partial charge in [0.1, 0.15) is 11.5 Å². The summed E-state index contributed by atoms with van der Waals surface area (Å²) in [5.74, 6) is -1.01. The lowest BCUT2D eigenvalue weighted by atomic mass is 10.2. The molecule has 0 saturated heterocycles. The number of carbonyl (C=O) groups excluding carboxylic acids is 2. The molecular formula is C24H22ClF3N4O4. The van der Waals surface area contributed by atoms with E-state index in [9.17, 15) is 22.8 Å². The van der Waals surface area contributed by atoms with Gasteiger partial charge in [0.15, 0.2) is 11.5 Å². The number of aromatic nitrogens is 2. The van der Waals surface area contributed by atoms with Gasteiger partial charge in [-0.05, 0) is 29.8 Å². The van der Waals surface area contributed by atoms with E-state index in [1.54, 1.807) is 24.3 Å². The molecule has 3 aromatic rings. The van der Waals surface area contributed by atoms with Crippen LogP contribution in [-0.2, 0) is 11.3 Å². The van der Waals surface area contributed by atoms with Gasteiger partial charge >= 0.3 is 12.4 Å². The van der Waals surface area contributed by atoms with Crippen molar-refractivity contribution in [2.24, 2.45) is 0 Å². The van der Waals surface area contributed by atoms with Crippen LogP contribution in [0.3, 0.4) is 0 Å². The summed E-state index contributed by atoms with van der Waals surface area (Å²) in [6.07, 6.45) is -2.95. The predicted octanol–water partition coefficient (Wildman–Crippen LogP) is 5.13. The number of anilines is 1. The number of rotatable bonds is 10. The average molecular weight is 523 g/mol. The van der Waals surface area contributed by atoms with Crippen LogP contribution in [0.4, 0.5) is 19.0 Å². The van der Waals surface area contributed by atoms with Crippen molar-refractivity contribution in [3.05, 3.63) is 77.5 Å². The minimum Gasteiger partial charge on any atom is -0.425 e. The number of hydrogen-bond donors (Lipinski definition) is 0. The Kier molecular flexibility index (Phi) is 8.25. The summed E-state index contributed by atoms with van der Waals surface area (Å²) in [6.45, 7) is 3.74. The Hall–Kier alpha value is -3.99. The summed E-state index contributed by atoms with van der Waals surface area (Å²) in [7, 11) is 3.06. The van der Waals surface area contributed by atoms with Gasteiger partial charge in [0, 0.05) is 31.7 Å². The van der Waals surface area contributed by atoms with Gasteiger partial charge in [-0.2, -0.15) is 4.98 Å². The monoisotopic (exact) mass is 522 g/mol. The van der Waals surface area contributed by atoms with Crippen molar-refractivity contribution >= 4 is 29.7 Å². The Balaban J connectivity index is 2.16. The molecule has 8 nitrogen and oxygen atoms in total. The zero-order chi connectivity index (χ0) is 26.5. The number of benzene rings is 2. The smallest absolute Gasteiger partial charge is 0.425 e. The highest BCUT2D eigenvalue weighted by Crippen LogP contribution is 2.33. The molecule has 12 heteroatoms.